The van der Waals surface area contributed by atoms with Crippen LogP contribution >= 0.6 is 23.2 Å². The van der Waals surface area contributed by atoms with Gasteiger partial charge in [0.25, 0.3) is 0 Å². The smallest absolute Gasteiger partial charge is 0.149 e. The zero-order valence-corrected chi connectivity index (χ0v) is 12.4. The predicted octanol–water partition coefficient (Wildman–Crippen LogP) is 2.28. The number of aliphatic hydroxyl groups is 1. The van der Waals surface area contributed by atoms with Crippen LogP contribution in [0.15, 0.2) is 18.2 Å². The van der Waals surface area contributed by atoms with E-state index in [0.29, 0.717) is 34.5 Å². The summed E-state index contributed by atoms with van der Waals surface area (Å²) in [7, 11) is 0. The van der Waals surface area contributed by atoms with E-state index in [2.05, 4.69) is 15.4 Å². The van der Waals surface area contributed by atoms with Crippen molar-refractivity contribution in [2.45, 2.75) is 25.5 Å². The van der Waals surface area contributed by atoms with Gasteiger partial charge in [0.15, 0.2) is 0 Å². The lowest BCUT2D eigenvalue weighted by Gasteiger charge is -2.12. The topological polar surface area (TPSA) is 63.0 Å². The molecule has 1 fully saturated rings. The summed E-state index contributed by atoms with van der Waals surface area (Å²) in [5, 5.41) is 18.4. The number of nitrogens with one attached hydrogen (secondary N) is 1. The molecule has 1 aliphatic rings. The molecule has 106 valence electrons. The molecule has 0 spiro atoms. The molecule has 0 unspecified atom stereocenters. The second kappa shape index (κ2) is 5.33. The third-order valence-electron chi connectivity index (χ3n) is 3.29. The lowest BCUT2D eigenvalue weighted by molar-refractivity contribution is 0.193. The lowest BCUT2D eigenvalue weighted by Crippen LogP contribution is -2.18. The highest BCUT2D eigenvalue weighted by molar-refractivity contribution is 6.34. The van der Waals surface area contributed by atoms with Crippen molar-refractivity contribution in [1.82, 2.24) is 20.1 Å². The Morgan fingerprint density at radius 3 is 2.90 bits per heavy atom. The van der Waals surface area contributed by atoms with Crippen molar-refractivity contribution < 1.29 is 5.11 Å². The molecule has 1 aromatic carbocycles. The molecule has 3 rings (SSSR count). The van der Waals surface area contributed by atoms with E-state index < -0.39 is 0 Å². The number of aromatic nitrogens is 3. The van der Waals surface area contributed by atoms with Gasteiger partial charge < -0.3 is 10.4 Å². The Hall–Kier alpha value is -1.14. The minimum Gasteiger partial charge on any atom is -0.392 e. The summed E-state index contributed by atoms with van der Waals surface area (Å²) >= 11 is 12.3. The molecular weight excluding hydrogens is 299 g/mol. The summed E-state index contributed by atoms with van der Waals surface area (Å²) in [5.41, 5.74) is 0.693. The minimum atomic E-state index is -0.361. The summed E-state index contributed by atoms with van der Waals surface area (Å²) in [5.74, 6) is 1.39. The highest BCUT2D eigenvalue weighted by Gasteiger charge is 2.28. The molecule has 2 heterocycles. The summed E-state index contributed by atoms with van der Waals surface area (Å²) in [6.07, 6.45) is 0.247. The maximum Gasteiger partial charge on any atom is 0.149 e. The van der Waals surface area contributed by atoms with Crippen LogP contribution in [0.3, 0.4) is 0 Å². The SMILES string of the molecule is Cc1nc([C@@H]2C[C@@H](O)CN2)n(-c2cc(Cl)ccc2Cl)n1. The van der Waals surface area contributed by atoms with Crippen molar-refractivity contribution in [1.29, 1.82) is 0 Å². The van der Waals surface area contributed by atoms with Crippen molar-refractivity contribution in [3.63, 3.8) is 0 Å². The fourth-order valence-corrected chi connectivity index (χ4v) is 2.76. The van der Waals surface area contributed by atoms with Crippen LogP contribution in [0.25, 0.3) is 5.69 Å². The summed E-state index contributed by atoms with van der Waals surface area (Å²) < 4.78 is 1.69. The monoisotopic (exact) mass is 312 g/mol. The average molecular weight is 313 g/mol. The highest BCUT2D eigenvalue weighted by Crippen LogP contribution is 2.29. The van der Waals surface area contributed by atoms with Crippen LogP contribution in [0.4, 0.5) is 0 Å². The Bertz CT molecular complexity index is 643. The summed E-state index contributed by atoms with van der Waals surface area (Å²) in [6, 6.07) is 5.18. The van der Waals surface area contributed by atoms with E-state index >= 15 is 0 Å². The number of aryl methyl sites for hydroxylation is 1. The molecule has 1 aromatic heterocycles. The average Bonchev–Trinajstić information content (AvgIpc) is 2.98. The van der Waals surface area contributed by atoms with Gasteiger partial charge in [0.05, 0.1) is 22.9 Å². The third-order valence-corrected chi connectivity index (χ3v) is 3.85. The van der Waals surface area contributed by atoms with Crippen molar-refractivity contribution in [3.05, 3.63) is 39.9 Å². The Morgan fingerprint density at radius 1 is 1.40 bits per heavy atom. The fourth-order valence-electron chi connectivity index (χ4n) is 2.40. The first kappa shape index (κ1) is 13.8. The number of β-amino-alcohol motifs (C(OH)–C–C–N with tert-alkyl or cyclic N) is 1. The number of benzene rings is 1. The van der Waals surface area contributed by atoms with Crippen LogP contribution in [0.2, 0.25) is 10.0 Å². The van der Waals surface area contributed by atoms with Gasteiger partial charge in [0.2, 0.25) is 0 Å². The minimum absolute atomic E-state index is 0.0405. The van der Waals surface area contributed by atoms with Gasteiger partial charge in [-0.05, 0) is 31.5 Å². The zero-order chi connectivity index (χ0) is 14.3. The molecule has 0 saturated carbocycles. The molecule has 0 bridgehead atoms. The fraction of sp³-hybridized carbons (Fsp3) is 0.385. The molecule has 7 heteroatoms. The van der Waals surface area contributed by atoms with Gasteiger partial charge in [-0.25, -0.2) is 9.67 Å². The molecular formula is C13H14Cl2N4O. The van der Waals surface area contributed by atoms with E-state index in [9.17, 15) is 5.11 Å². The molecule has 1 saturated heterocycles. The number of aliphatic hydroxyl groups excluding tert-OH is 1. The Labute approximate surface area is 126 Å². The third kappa shape index (κ3) is 2.54. The number of nitrogens with zero attached hydrogens (tertiary/aromatic N) is 3. The van der Waals surface area contributed by atoms with Crippen LogP contribution in [0.1, 0.15) is 24.1 Å². The van der Waals surface area contributed by atoms with Crippen molar-refractivity contribution in [2.24, 2.45) is 0 Å². The van der Waals surface area contributed by atoms with E-state index in [4.69, 9.17) is 23.2 Å². The Kier molecular flexibility index (Phi) is 3.69. The van der Waals surface area contributed by atoms with Gasteiger partial charge in [-0.3, -0.25) is 0 Å². The first-order chi connectivity index (χ1) is 9.54. The lowest BCUT2D eigenvalue weighted by atomic mass is 10.2. The van der Waals surface area contributed by atoms with E-state index in [-0.39, 0.29) is 12.1 Å². The van der Waals surface area contributed by atoms with Gasteiger partial charge in [-0.2, -0.15) is 5.10 Å². The predicted molar refractivity (Wildman–Crippen MR) is 77.5 cm³/mol. The van der Waals surface area contributed by atoms with Crippen LogP contribution in [-0.2, 0) is 0 Å². The summed E-state index contributed by atoms with van der Waals surface area (Å²) in [4.78, 5) is 4.45. The zero-order valence-electron chi connectivity index (χ0n) is 10.8. The largest absolute Gasteiger partial charge is 0.392 e. The van der Waals surface area contributed by atoms with Gasteiger partial charge in [0.1, 0.15) is 11.6 Å². The molecule has 0 amide bonds. The number of hydrogen-bond acceptors (Lipinski definition) is 4. The molecule has 2 aromatic rings. The molecule has 20 heavy (non-hydrogen) atoms. The van der Waals surface area contributed by atoms with Crippen LogP contribution in [0.5, 0.6) is 0 Å². The van der Waals surface area contributed by atoms with Crippen molar-refractivity contribution >= 4 is 23.2 Å². The molecule has 0 aliphatic carbocycles. The van der Waals surface area contributed by atoms with Crippen LogP contribution in [-0.4, -0.2) is 32.5 Å². The number of rotatable bonds is 2. The van der Waals surface area contributed by atoms with Gasteiger partial charge in [-0.1, -0.05) is 23.2 Å². The molecule has 5 nitrogen and oxygen atoms in total. The quantitative estimate of drug-likeness (QED) is 0.893. The van der Waals surface area contributed by atoms with E-state index in [1.165, 1.54) is 0 Å². The second-order valence-electron chi connectivity index (χ2n) is 4.88. The van der Waals surface area contributed by atoms with Gasteiger partial charge in [0, 0.05) is 11.6 Å². The first-order valence-corrected chi connectivity index (χ1v) is 7.10. The second-order valence-corrected chi connectivity index (χ2v) is 5.72. The molecule has 1 aliphatic heterocycles. The molecule has 2 atom stereocenters. The van der Waals surface area contributed by atoms with E-state index in [1.807, 2.05) is 6.92 Å². The Morgan fingerprint density at radius 2 is 2.20 bits per heavy atom. The maximum absolute atomic E-state index is 9.66. The number of halogens is 2. The molecule has 0 radical (unpaired) electrons. The van der Waals surface area contributed by atoms with E-state index in [1.54, 1.807) is 22.9 Å². The van der Waals surface area contributed by atoms with E-state index in [0.717, 1.165) is 5.82 Å². The molecule has 2 N–H and O–H groups in total. The van der Waals surface area contributed by atoms with Gasteiger partial charge >= 0.3 is 0 Å². The summed E-state index contributed by atoms with van der Waals surface area (Å²) in [6.45, 7) is 2.38. The van der Waals surface area contributed by atoms with Crippen molar-refractivity contribution in [2.75, 3.05) is 6.54 Å². The Balaban J connectivity index is 2.07. The maximum atomic E-state index is 9.66. The number of hydrogen-bond donors (Lipinski definition) is 2. The van der Waals surface area contributed by atoms with Crippen LogP contribution in [0, 0.1) is 6.92 Å². The normalized spacial score (nSPS) is 22.4. The van der Waals surface area contributed by atoms with Crippen molar-refractivity contribution in [3.8, 4) is 5.69 Å². The standard InChI is InChI=1S/C13H14Cl2N4O/c1-7-17-13(11-5-9(20)6-16-11)19(18-7)12-4-8(14)2-3-10(12)15/h2-4,9,11,16,20H,5-6H2,1H3/t9-,11+/m1/s1. The highest BCUT2D eigenvalue weighted by atomic mass is 35.5. The van der Waals surface area contributed by atoms with Crippen LogP contribution < -0.4 is 5.32 Å². The first-order valence-electron chi connectivity index (χ1n) is 6.35. The van der Waals surface area contributed by atoms with Gasteiger partial charge in [-0.15, -0.1) is 0 Å².